The van der Waals surface area contributed by atoms with Crippen LogP contribution in [0.3, 0.4) is 0 Å². The van der Waals surface area contributed by atoms with Crippen molar-refractivity contribution in [1.29, 1.82) is 0 Å². The maximum atomic E-state index is 15.1. The van der Waals surface area contributed by atoms with Crippen LogP contribution < -0.4 is 16.8 Å². The maximum Gasteiger partial charge on any atom is 0.352 e. The SMILES string of the molecule is Cc1ccc(NN2C(=O)C3CC4C(=CCn5c(=O)n(-c6ccccc6)c(=O)n54)C(c4cc(Cl)ccc4O)C3(c3ccccc3)C2=O)cc1. The Labute approximate surface area is 279 Å². The number of anilines is 1. The molecule has 3 aliphatic rings. The van der Waals surface area contributed by atoms with Crippen LogP contribution >= 0.6 is 11.6 Å². The molecule has 5 aromatic rings. The molecule has 2 fully saturated rings. The van der Waals surface area contributed by atoms with Crippen LogP contribution in [0.4, 0.5) is 5.69 Å². The highest BCUT2D eigenvalue weighted by Gasteiger charge is 2.69. The Morgan fingerprint density at radius 3 is 2.25 bits per heavy atom. The van der Waals surface area contributed by atoms with Crippen LogP contribution in [-0.4, -0.2) is 35.9 Å². The van der Waals surface area contributed by atoms with Crippen LogP contribution in [0.5, 0.6) is 5.75 Å². The van der Waals surface area contributed by atoms with E-state index in [1.165, 1.54) is 15.4 Å². The average molecular weight is 660 g/mol. The summed E-state index contributed by atoms with van der Waals surface area (Å²) in [6, 6.07) is 28.9. The smallest absolute Gasteiger partial charge is 0.352 e. The zero-order valence-corrected chi connectivity index (χ0v) is 26.5. The molecule has 1 saturated heterocycles. The Morgan fingerprint density at radius 2 is 1.54 bits per heavy atom. The Hall–Kier alpha value is -5.61. The van der Waals surface area contributed by atoms with Gasteiger partial charge in [0, 0.05) is 16.5 Å². The number of hydrogen-bond acceptors (Lipinski definition) is 6. The van der Waals surface area contributed by atoms with Crippen LogP contribution in [0.2, 0.25) is 5.02 Å². The van der Waals surface area contributed by atoms with Crippen LogP contribution in [0, 0.1) is 12.8 Å². The van der Waals surface area contributed by atoms with E-state index < -0.39 is 46.5 Å². The molecule has 4 atom stereocenters. The summed E-state index contributed by atoms with van der Waals surface area (Å²) in [7, 11) is 0. The molecule has 4 aromatic carbocycles. The molecule has 0 radical (unpaired) electrons. The first-order chi connectivity index (χ1) is 23.2. The zero-order valence-electron chi connectivity index (χ0n) is 25.8. The van der Waals surface area contributed by atoms with Crippen molar-refractivity contribution in [3.8, 4) is 11.4 Å². The normalized spacial score (nSPS) is 22.9. The van der Waals surface area contributed by atoms with Crippen molar-refractivity contribution in [2.24, 2.45) is 5.92 Å². The third-order valence-corrected chi connectivity index (χ3v) is 10.2. The average Bonchev–Trinajstić information content (AvgIpc) is 3.48. The van der Waals surface area contributed by atoms with E-state index in [4.69, 9.17) is 11.6 Å². The number of hydrazine groups is 1. The minimum absolute atomic E-state index is 0.0422. The van der Waals surface area contributed by atoms with Gasteiger partial charge in [-0.05, 0) is 66.9 Å². The van der Waals surface area contributed by atoms with Crippen molar-refractivity contribution in [2.45, 2.75) is 37.3 Å². The molecular formula is C37H30ClN5O5. The predicted molar refractivity (Wildman–Crippen MR) is 180 cm³/mol. The molecular weight excluding hydrogens is 630 g/mol. The summed E-state index contributed by atoms with van der Waals surface area (Å²) < 4.78 is 3.90. The minimum Gasteiger partial charge on any atom is -0.508 e. The van der Waals surface area contributed by atoms with Gasteiger partial charge >= 0.3 is 11.4 Å². The highest BCUT2D eigenvalue weighted by molar-refractivity contribution is 6.30. The van der Waals surface area contributed by atoms with Gasteiger partial charge in [0.15, 0.2) is 0 Å². The Kier molecular flexibility index (Phi) is 6.81. The van der Waals surface area contributed by atoms with E-state index in [0.717, 1.165) is 15.1 Å². The van der Waals surface area contributed by atoms with Gasteiger partial charge in [-0.25, -0.2) is 23.5 Å². The minimum atomic E-state index is -1.53. The van der Waals surface area contributed by atoms with Gasteiger partial charge in [0.25, 0.3) is 11.8 Å². The molecule has 48 heavy (non-hydrogen) atoms. The number of para-hydroxylation sites is 1. The molecule has 2 amide bonds. The second-order valence-corrected chi connectivity index (χ2v) is 12.9. The molecule has 0 spiro atoms. The lowest BCUT2D eigenvalue weighted by Crippen LogP contribution is -2.53. The van der Waals surface area contributed by atoms with Crippen LogP contribution in [0.15, 0.2) is 124 Å². The van der Waals surface area contributed by atoms with Crippen molar-refractivity contribution < 1.29 is 14.7 Å². The van der Waals surface area contributed by atoms with E-state index >= 15 is 4.79 Å². The van der Waals surface area contributed by atoms with E-state index in [0.29, 0.717) is 33.1 Å². The number of phenolic OH excluding ortho intramolecular Hbond substituents is 1. The molecule has 1 aliphatic carbocycles. The molecule has 240 valence electrons. The first kappa shape index (κ1) is 29.8. The Bertz CT molecular complexity index is 2260. The number of phenols is 1. The summed E-state index contributed by atoms with van der Waals surface area (Å²) >= 11 is 6.55. The van der Waals surface area contributed by atoms with Crippen molar-refractivity contribution in [3.63, 3.8) is 0 Å². The number of aryl methyl sites for hydroxylation is 1. The second kappa shape index (κ2) is 11.0. The summed E-state index contributed by atoms with van der Waals surface area (Å²) in [6.45, 7) is 1.99. The fourth-order valence-corrected chi connectivity index (χ4v) is 8.09. The largest absolute Gasteiger partial charge is 0.508 e. The highest BCUT2D eigenvalue weighted by Crippen LogP contribution is 2.62. The number of carbonyl (C=O) groups excluding carboxylic acids is 2. The number of halogens is 1. The number of rotatable bonds is 5. The predicted octanol–water partition coefficient (Wildman–Crippen LogP) is 5.09. The van der Waals surface area contributed by atoms with Gasteiger partial charge in [-0.1, -0.05) is 83.9 Å². The summed E-state index contributed by atoms with van der Waals surface area (Å²) in [5.74, 6) is -3.01. The summed E-state index contributed by atoms with van der Waals surface area (Å²) in [6.07, 6.45) is 1.90. The first-order valence-corrected chi connectivity index (χ1v) is 16.0. The zero-order chi connectivity index (χ0) is 33.3. The fourth-order valence-electron chi connectivity index (χ4n) is 7.91. The highest BCUT2D eigenvalue weighted by atomic mass is 35.5. The number of nitrogens with zero attached hydrogens (tertiary/aromatic N) is 4. The van der Waals surface area contributed by atoms with E-state index in [1.54, 1.807) is 54.6 Å². The monoisotopic (exact) mass is 659 g/mol. The molecule has 8 rings (SSSR count). The number of nitrogens with one attached hydrogen (secondary N) is 1. The van der Waals surface area contributed by atoms with Crippen molar-refractivity contribution in [3.05, 3.63) is 157 Å². The van der Waals surface area contributed by atoms with Crippen molar-refractivity contribution in [2.75, 3.05) is 5.43 Å². The molecule has 1 aromatic heterocycles. The molecule has 2 aliphatic heterocycles. The molecule has 1 saturated carbocycles. The van der Waals surface area contributed by atoms with Gasteiger partial charge in [-0.2, -0.15) is 5.01 Å². The Morgan fingerprint density at radius 1 is 0.854 bits per heavy atom. The summed E-state index contributed by atoms with van der Waals surface area (Å²) in [5, 5.41) is 12.8. The van der Waals surface area contributed by atoms with Crippen molar-refractivity contribution >= 4 is 29.1 Å². The molecule has 4 unspecified atom stereocenters. The van der Waals surface area contributed by atoms with E-state index in [1.807, 2.05) is 55.5 Å². The molecule has 10 nitrogen and oxygen atoms in total. The number of fused-ring (bicyclic) bond motifs is 4. The van der Waals surface area contributed by atoms with Crippen LogP contribution in [0.25, 0.3) is 5.69 Å². The summed E-state index contributed by atoms with van der Waals surface area (Å²) in [4.78, 5) is 57.7. The van der Waals surface area contributed by atoms with Gasteiger partial charge in [0.2, 0.25) is 0 Å². The number of amides is 2. The number of aromatic nitrogens is 3. The standard InChI is InChI=1S/C37H30ClN5O5/c1-22-12-15-25(16-13-22)39-42-33(45)29-21-30-27(18-19-40-35(47)41(36(48)43(30)40)26-10-6-3-7-11-26)32(28-20-24(38)14-17-31(28)44)37(29,34(42)46)23-8-4-2-5-9-23/h2-18,20,29-30,32,39,44H,19,21H2,1H3. The van der Waals surface area contributed by atoms with Gasteiger partial charge in [0.1, 0.15) is 5.75 Å². The van der Waals surface area contributed by atoms with Crippen LogP contribution in [-0.2, 0) is 21.5 Å². The van der Waals surface area contributed by atoms with E-state index in [-0.39, 0.29) is 18.7 Å². The second-order valence-electron chi connectivity index (χ2n) is 12.5. The number of imide groups is 1. The van der Waals surface area contributed by atoms with Gasteiger partial charge in [-0.3, -0.25) is 15.0 Å². The number of allylic oxidation sites excluding steroid dienone is 2. The lowest BCUT2D eigenvalue weighted by Gasteiger charge is -2.49. The third kappa shape index (κ3) is 4.18. The van der Waals surface area contributed by atoms with Crippen LogP contribution in [0.1, 0.15) is 35.1 Å². The number of hydrogen-bond donors (Lipinski definition) is 2. The Balaban J connectivity index is 1.39. The molecule has 3 heterocycles. The molecule has 2 N–H and O–H groups in total. The maximum absolute atomic E-state index is 15.1. The number of carbonyl (C=O) groups is 2. The van der Waals surface area contributed by atoms with Crippen molar-refractivity contribution in [1.82, 2.24) is 18.9 Å². The lowest BCUT2D eigenvalue weighted by atomic mass is 9.53. The van der Waals surface area contributed by atoms with Gasteiger partial charge in [0.05, 0.1) is 35.3 Å². The molecule has 0 bridgehead atoms. The van der Waals surface area contributed by atoms with E-state index in [2.05, 4.69) is 5.43 Å². The first-order valence-electron chi connectivity index (χ1n) is 15.7. The number of aromatic hydroxyl groups is 1. The lowest BCUT2D eigenvalue weighted by molar-refractivity contribution is -0.138. The van der Waals surface area contributed by atoms with Gasteiger partial charge in [-0.15, -0.1) is 0 Å². The number of benzene rings is 4. The molecule has 11 heteroatoms. The summed E-state index contributed by atoms with van der Waals surface area (Å²) in [5.41, 5.74) is 4.00. The third-order valence-electron chi connectivity index (χ3n) is 9.97. The fraction of sp³-hybridized carbons (Fsp3) is 0.189. The topological polar surface area (TPSA) is 119 Å². The quantitative estimate of drug-likeness (QED) is 0.201. The van der Waals surface area contributed by atoms with Gasteiger partial charge < -0.3 is 5.11 Å². The van der Waals surface area contributed by atoms with E-state index in [9.17, 15) is 19.5 Å².